The first kappa shape index (κ1) is 14.9. The average molecular weight is 275 g/mol. The normalized spacial score (nSPS) is 11.3. The van der Waals surface area contributed by atoms with Crippen LogP contribution in [0.15, 0.2) is 18.2 Å². The Balaban J connectivity index is 2.16. The van der Waals surface area contributed by atoms with Crippen LogP contribution in [-0.2, 0) is 17.9 Å². The number of benzene rings is 1. The van der Waals surface area contributed by atoms with Crippen molar-refractivity contribution < 1.29 is 4.74 Å². The number of nitrogens with two attached hydrogens (primary N) is 1. The smallest absolute Gasteiger partial charge is 0.136 e. The number of nitrogens with zero attached hydrogens (tertiary/aromatic N) is 2. The van der Waals surface area contributed by atoms with E-state index in [4.69, 9.17) is 10.5 Å². The molecule has 1 heterocycles. The number of rotatable bonds is 8. The quantitative estimate of drug-likeness (QED) is 0.590. The van der Waals surface area contributed by atoms with Gasteiger partial charge in [-0.2, -0.15) is 0 Å². The fraction of sp³-hybridized carbons (Fsp3) is 0.562. The van der Waals surface area contributed by atoms with Gasteiger partial charge in [-0.3, -0.25) is 0 Å². The van der Waals surface area contributed by atoms with E-state index in [-0.39, 0.29) is 0 Å². The van der Waals surface area contributed by atoms with E-state index in [0.717, 1.165) is 29.1 Å². The van der Waals surface area contributed by atoms with Crippen molar-refractivity contribution in [2.45, 2.75) is 52.2 Å². The summed E-state index contributed by atoms with van der Waals surface area (Å²) in [5.41, 5.74) is 8.77. The van der Waals surface area contributed by atoms with Gasteiger partial charge in [-0.25, -0.2) is 4.98 Å². The predicted octanol–water partition coefficient (Wildman–Crippen LogP) is 3.74. The molecule has 0 unspecified atom stereocenters. The number of hydrogen-bond donors (Lipinski definition) is 1. The number of imidazole rings is 1. The number of nitrogen functional groups attached to an aromatic ring is 1. The third kappa shape index (κ3) is 3.31. The van der Waals surface area contributed by atoms with Crippen LogP contribution in [0.2, 0.25) is 0 Å². The lowest BCUT2D eigenvalue weighted by Gasteiger charge is -2.08. The highest BCUT2D eigenvalue weighted by atomic mass is 16.5. The van der Waals surface area contributed by atoms with E-state index in [1.54, 1.807) is 7.11 Å². The van der Waals surface area contributed by atoms with Crippen LogP contribution in [0, 0.1) is 0 Å². The molecule has 0 aliphatic heterocycles. The van der Waals surface area contributed by atoms with E-state index in [2.05, 4.69) is 22.5 Å². The minimum absolute atomic E-state index is 0.531. The van der Waals surface area contributed by atoms with Gasteiger partial charge >= 0.3 is 0 Å². The maximum absolute atomic E-state index is 6.01. The third-order valence-corrected chi connectivity index (χ3v) is 3.65. The van der Waals surface area contributed by atoms with Crippen LogP contribution in [-0.4, -0.2) is 16.7 Å². The molecule has 0 spiro atoms. The van der Waals surface area contributed by atoms with Crippen molar-refractivity contribution in [2.75, 3.05) is 12.8 Å². The molecule has 0 fully saturated rings. The lowest BCUT2D eigenvalue weighted by atomic mass is 10.1. The highest BCUT2D eigenvalue weighted by Gasteiger charge is 2.11. The van der Waals surface area contributed by atoms with Gasteiger partial charge in [0.05, 0.1) is 11.2 Å². The molecule has 1 aromatic heterocycles. The fourth-order valence-electron chi connectivity index (χ4n) is 2.58. The van der Waals surface area contributed by atoms with Crippen molar-refractivity contribution in [1.29, 1.82) is 0 Å². The molecule has 2 N–H and O–H groups in total. The number of para-hydroxylation sites is 1. The second kappa shape index (κ2) is 7.29. The summed E-state index contributed by atoms with van der Waals surface area (Å²) in [5, 5.41) is 0. The molecule has 0 atom stereocenters. The number of aryl methyl sites for hydroxylation is 1. The Hall–Kier alpha value is -1.55. The van der Waals surface area contributed by atoms with Gasteiger partial charge in [-0.05, 0) is 18.6 Å². The van der Waals surface area contributed by atoms with Gasteiger partial charge in [-0.1, -0.05) is 38.7 Å². The second-order valence-corrected chi connectivity index (χ2v) is 5.24. The summed E-state index contributed by atoms with van der Waals surface area (Å²) < 4.78 is 7.51. The van der Waals surface area contributed by atoms with Crippen molar-refractivity contribution in [3.05, 3.63) is 24.0 Å². The maximum atomic E-state index is 6.01. The molecule has 4 heteroatoms. The summed E-state index contributed by atoms with van der Waals surface area (Å²) >= 11 is 0. The molecule has 0 radical (unpaired) electrons. The van der Waals surface area contributed by atoms with E-state index >= 15 is 0 Å². The lowest BCUT2D eigenvalue weighted by molar-refractivity contribution is 0.174. The molecule has 1 aromatic carbocycles. The van der Waals surface area contributed by atoms with E-state index < -0.39 is 0 Å². The van der Waals surface area contributed by atoms with Gasteiger partial charge in [0.1, 0.15) is 17.9 Å². The van der Waals surface area contributed by atoms with Crippen molar-refractivity contribution >= 4 is 16.7 Å². The highest BCUT2D eigenvalue weighted by molar-refractivity contribution is 5.87. The summed E-state index contributed by atoms with van der Waals surface area (Å²) in [5.74, 6) is 0.968. The number of fused-ring (bicyclic) bond motifs is 1. The zero-order valence-electron chi connectivity index (χ0n) is 12.6. The lowest BCUT2D eigenvalue weighted by Crippen LogP contribution is -2.05. The van der Waals surface area contributed by atoms with Gasteiger partial charge in [0, 0.05) is 13.7 Å². The summed E-state index contributed by atoms with van der Waals surface area (Å²) in [7, 11) is 1.70. The largest absolute Gasteiger partial charge is 0.397 e. The molecule has 0 saturated carbocycles. The topological polar surface area (TPSA) is 53.1 Å². The van der Waals surface area contributed by atoms with Crippen molar-refractivity contribution in [2.24, 2.45) is 0 Å². The molecule has 0 aliphatic rings. The van der Waals surface area contributed by atoms with E-state index in [1.807, 2.05) is 12.1 Å². The first-order chi connectivity index (χ1) is 9.77. The van der Waals surface area contributed by atoms with Gasteiger partial charge in [0.2, 0.25) is 0 Å². The fourth-order valence-corrected chi connectivity index (χ4v) is 2.58. The Morgan fingerprint density at radius 2 is 2.00 bits per heavy atom. The van der Waals surface area contributed by atoms with Crippen LogP contribution in [0.5, 0.6) is 0 Å². The predicted molar refractivity (Wildman–Crippen MR) is 83.6 cm³/mol. The van der Waals surface area contributed by atoms with Gasteiger partial charge in [0.15, 0.2) is 0 Å². The summed E-state index contributed by atoms with van der Waals surface area (Å²) in [6.45, 7) is 3.76. The summed E-state index contributed by atoms with van der Waals surface area (Å²) in [6, 6.07) is 5.98. The molecule has 20 heavy (non-hydrogen) atoms. The molecule has 0 bridgehead atoms. The van der Waals surface area contributed by atoms with Crippen molar-refractivity contribution in [1.82, 2.24) is 9.55 Å². The van der Waals surface area contributed by atoms with E-state index in [0.29, 0.717) is 6.61 Å². The number of ether oxygens (including phenoxy) is 1. The maximum Gasteiger partial charge on any atom is 0.136 e. The number of aromatic nitrogens is 2. The van der Waals surface area contributed by atoms with Crippen LogP contribution in [0.4, 0.5) is 5.69 Å². The molecule has 2 aromatic rings. The monoisotopic (exact) mass is 275 g/mol. The van der Waals surface area contributed by atoms with E-state index in [1.165, 1.54) is 32.1 Å². The Morgan fingerprint density at radius 3 is 2.75 bits per heavy atom. The number of methoxy groups -OCH3 is 1. The molecule has 0 aliphatic carbocycles. The molecule has 0 saturated heterocycles. The zero-order valence-corrected chi connectivity index (χ0v) is 12.6. The number of unbranched alkanes of at least 4 members (excludes halogenated alkanes) is 4. The molecular formula is C16H25N3O. The van der Waals surface area contributed by atoms with Crippen LogP contribution in [0.1, 0.15) is 44.9 Å². The van der Waals surface area contributed by atoms with Crippen molar-refractivity contribution in [3.8, 4) is 0 Å². The Morgan fingerprint density at radius 1 is 1.20 bits per heavy atom. The number of anilines is 1. The van der Waals surface area contributed by atoms with Gasteiger partial charge in [0.25, 0.3) is 0 Å². The van der Waals surface area contributed by atoms with Crippen LogP contribution in [0.3, 0.4) is 0 Å². The van der Waals surface area contributed by atoms with Gasteiger partial charge < -0.3 is 15.0 Å². The SMILES string of the molecule is CCCCCCCn1c(COC)nc2c(N)cccc21. The van der Waals surface area contributed by atoms with E-state index in [9.17, 15) is 0 Å². The summed E-state index contributed by atoms with van der Waals surface area (Å²) in [4.78, 5) is 4.63. The first-order valence-electron chi connectivity index (χ1n) is 7.50. The highest BCUT2D eigenvalue weighted by Crippen LogP contribution is 2.23. The third-order valence-electron chi connectivity index (χ3n) is 3.65. The Kier molecular flexibility index (Phi) is 5.41. The molecular weight excluding hydrogens is 250 g/mol. The molecule has 2 rings (SSSR count). The van der Waals surface area contributed by atoms with Crippen LogP contribution < -0.4 is 5.73 Å². The molecule has 0 amide bonds. The van der Waals surface area contributed by atoms with Crippen LogP contribution in [0.25, 0.3) is 11.0 Å². The van der Waals surface area contributed by atoms with Crippen molar-refractivity contribution in [3.63, 3.8) is 0 Å². The minimum Gasteiger partial charge on any atom is -0.397 e. The second-order valence-electron chi connectivity index (χ2n) is 5.24. The van der Waals surface area contributed by atoms with Crippen LogP contribution >= 0.6 is 0 Å². The average Bonchev–Trinajstić information content (AvgIpc) is 2.79. The Labute approximate surface area is 120 Å². The molecule has 110 valence electrons. The first-order valence-corrected chi connectivity index (χ1v) is 7.50. The molecule has 4 nitrogen and oxygen atoms in total. The number of hydrogen-bond acceptors (Lipinski definition) is 3. The summed E-state index contributed by atoms with van der Waals surface area (Å²) in [6.07, 6.45) is 6.35. The van der Waals surface area contributed by atoms with Gasteiger partial charge in [-0.15, -0.1) is 0 Å². The minimum atomic E-state index is 0.531. The Bertz CT molecular complexity index is 548. The zero-order chi connectivity index (χ0) is 14.4. The standard InChI is InChI=1S/C16H25N3O/c1-3-4-5-6-7-11-19-14-10-8-9-13(17)16(14)18-15(19)12-20-2/h8-10H,3-7,11-12,17H2,1-2H3.